The second kappa shape index (κ2) is 78.6. The normalized spacial score (nSPS) is 13.3. The van der Waals surface area contributed by atoms with Crippen molar-refractivity contribution in [1.29, 1.82) is 0 Å². The Balaban J connectivity index is 3.89. The third-order valence-corrected chi connectivity index (χ3v) is 20.2. The molecule has 0 aromatic rings. The number of ether oxygens (including phenoxy) is 2. The molecule has 0 spiro atoms. The number of quaternary nitrogens is 1. The van der Waals surface area contributed by atoms with Crippen LogP contribution in [0, 0.1) is 0 Å². The van der Waals surface area contributed by atoms with E-state index >= 15 is 0 Å². The van der Waals surface area contributed by atoms with E-state index in [4.69, 9.17) is 18.5 Å². The standard InChI is InChI=1S/C88H164NO8P/c1-6-8-10-12-14-16-18-20-22-24-26-28-30-32-34-36-38-40-42-44-46-48-50-52-54-56-58-60-62-64-66-68-70-72-74-76-78-80-87(90)94-84-86(85-96-98(92,93)95-83-82-89(3,4)5)97-88(91)81-79-77-75-73-71-69-67-65-63-61-59-57-55-53-51-49-47-45-43-41-39-37-35-33-31-29-27-25-23-21-19-17-15-13-11-9-7-2/h18-21,24-27,30-33,86H,6-17,22-23,28-29,34-85H2,1-5H3/b20-18-,21-19-,26-24-,27-25-,32-30-,33-31-. The Bertz CT molecular complexity index is 1890. The summed E-state index contributed by atoms with van der Waals surface area (Å²) in [5.41, 5.74) is 0. The third kappa shape index (κ3) is 82.4. The second-order valence-electron chi connectivity index (χ2n) is 30.2. The smallest absolute Gasteiger partial charge is 0.306 e. The van der Waals surface area contributed by atoms with Gasteiger partial charge in [-0.3, -0.25) is 14.2 Å². The summed E-state index contributed by atoms with van der Waals surface area (Å²) in [4.78, 5) is 38.2. The topological polar surface area (TPSA) is 111 Å². The quantitative estimate of drug-likeness (QED) is 0.0195. The number of unbranched alkanes of at least 4 members (excludes halogenated alkanes) is 54. The number of nitrogens with zero attached hydrogens (tertiary/aromatic N) is 1. The summed E-state index contributed by atoms with van der Waals surface area (Å²) in [6.07, 6.45) is 108. The predicted molar refractivity (Wildman–Crippen MR) is 425 cm³/mol. The zero-order valence-corrected chi connectivity index (χ0v) is 66.6. The third-order valence-electron chi connectivity index (χ3n) is 19.2. The molecule has 2 unspecified atom stereocenters. The minimum atomic E-state index is -4.65. The number of rotatable bonds is 80. The Morgan fingerprint density at radius 2 is 0.551 bits per heavy atom. The lowest BCUT2D eigenvalue weighted by Gasteiger charge is -2.28. The number of hydrogen-bond donors (Lipinski definition) is 0. The van der Waals surface area contributed by atoms with Crippen LogP contribution in [0.4, 0.5) is 0 Å². The lowest BCUT2D eigenvalue weighted by molar-refractivity contribution is -0.870. The summed E-state index contributed by atoms with van der Waals surface area (Å²) in [6.45, 7) is 4.29. The van der Waals surface area contributed by atoms with Crippen molar-refractivity contribution in [1.82, 2.24) is 0 Å². The summed E-state index contributed by atoms with van der Waals surface area (Å²) in [5.74, 6) is -0.810. The molecule has 9 nitrogen and oxygen atoms in total. The summed E-state index contributed by atoms with van der Waals surface area (Å²) >= 11 is 0. The fourth-order valence-corrected chi connectivity index (χ4v) is 13.4. The molecular weight excluding hydrogens is 1230 g/mol. The molecule has 2 atom stereocenters. The van der Waals surface area contributed by atoms with E-state index in [1.807, 2.05) is 21.1 Å². The van der Waals surface area contributed by atoms with Gasteiger partial charge < -0.3 is 27.9 Å². The van der Waals surface area contributed by atoms with Crippen LogP contribution in [0.25, 0.3) is 0 Å². The first-order chi connectivity index (χ1) is 48.0. The maximum absolute atomic E-state index is 12.9. The zero-order chi connectivity index (χ0) is 71.1. The van der Waals surface area contributed by atoms with Crippen molar-refractivity contribution in [2.75, 3.05) is 47.5 Å². The van der Waals surface area contributed by atoms with Gasteiger partial charge >= 0.3 is 11.9 Å². The molecule has 574 valence electrons. The highest BCUT2D eigenvalue weighted by Gasteiger charge is 2.22. The van der Waals surface area contributed by atoms with Gasteiger partial charge in [-0.15, -0.1) is 0 Å². The molecule has 0 N–H and O–H groups in total. The van der Waals surface area contributed by atoms with Crippen LogP contribution in [0.3, 0.4) is 0 Å². The Morgan fingerprint density at radius 1 is 0.316 bits per heavy atom. The lowest BCUT2D eigenvalue weighted by Crippen LogP contribution is -2.37. The fourth-order valence-electron chi connectivity index (χ4n) is 12.7. The van der Waals surface area contributed by atoms with Gasteiger partial charge in [-0.1, -0.05) is 395 Å². The molecule has 0 amide bonds. The van der Waals surface area contributed by atoms with Crippen molar-refractivity contribution in [3.05, 3.63) is 72.9 Å². The van der Waals surface area contributed by atoms with Gasteiger partial charge in [-0.2, -0.15) is 0 Å². The molecule has 0 aliphatic heterocycles. The number of hydrogen-bond acceptors (Lipinski definition) is 8. The van der Waals surface area contributed by atoms with Gasteiger partial charge in [-0.05, 0) is 89.9 Å². The Morgan fingerprint density at radius 3 is 0.816 bits per heavy atom. The molecular formula is C88H164NO8P. The van der Waals surface area contributed by atoms with Crippen LogP contribution in [0.5, 0.6) is 0 Å². The maximum atomic E-state index is 12.9. The predicted octanol–water partition coefficient (Wildman–Crippen LogP) is 28.0. The molecule has 0 saturated carbocycles. The van der Waals surface area contributed by atoms with Crippen molar-refractivity contribution in [3.8, 4) is 0 Å². The van der Waals surface area contributed by atoms with E-state index in [2.05, 4.69) is 86.8 Å². The molecule has 0 saturated heterocycles. The van der Waals surface area contributed by atoms with Gasteiger partial charge in [0.1, 0.15) is 19.8 Å². The van der Waals surface area contributed by atoms with Crippen LogP contribution in [0.2, 0.25) is 0 Å². The summed E-state index contributed by atoms with van der Waals surface area (Å²) in [6, 6.07) is 0. The van der Waals surface area contributed by atoms with E-state index in [1.165, 1.54) is 334 Å². The van der Waals surface area contributed by atoms with Crippen molar-refractivity contribution < 1.29 is 42.1 Å². The monoisotopic (exact) mass is 1390 g/mol. The highest BCUT2D eigenvalue weighted by Crippen LogP contribution is 2.38. The number of esters is 2. The minimum absolute atomic E-state index is 0.0290. The Labute approximate surface area is 609 Å². The van der Waals surface area contributed by atoms with Gasteiger partial charge in [0.2, 0.25) is 0 Å². The minimum Gasteiger partial charge on any atom is -0.756 e. The first-order valence-corrected chi connectivity index (χ1v) is 44.1. The van der Waals surface area contributed by atoms with Crippen molar-refractivity contribution >= 4 is 19.8 Å². The van der Waals surface area contributed by atoms with Crippen LogP contribution in [-0.4, -0.2) is 70.0 Å². The average molecular weight is 1400 g/mol. The van der Waals surface area contributed by atoms with Crippen LogP contribution >= 0.6 is 7.82 Å². The highest BCUT2D eigenvalue weighted by molar-refractivity contribution is 7.45. The molecule has 0 rings (SSSR count). The number of allylic oxidation sites excluding steroid dienone is 12. The molecule has 0 bridgehead atoms. The number of phosphoric ester groups is 1. The zero-order valence-electron chi connectivity index (χ0n) is 65.7. The second-order valence-corrected chi connectivity index (χ2v) is 31.6. The largest absolute Gasteiger partial charge is 0.756 e. The van der Waals surface area contributed by atoms with E-state index < -0.39 is 26.5 Å². The Kier molecular flexibility index (Phi) is 76.5. The first-order valence-electron chi connectivity index (χ1n) is 42.6. The molecule has 10 heteroatoms. The van der Waals surface area contributed by atoms with E-state index in [9.17, 15) is 19.0 Å². The molecule has 0 aromatic carbocycles. The van der Waals surface area contributed by atoms with Crippen LogP contribution in [0.1, 0.15) is 425 Å². The molecule has 0 radical (unpaired) electrons. The summed E-state index contributed by atoms with van der Waals surface area (Å²) < 4.78 is 34.5. The lowest BCUT2D eigenvalue weighted by atomic mass is 10.0. The molecule has 0 aliphatic carbocycles. The van der Waals surface area contributed by atoms with Crippen molar-refractivity contribution in [2.45, 2.75) is 431 Å². The molecule has 0 aromatic heterocycles. The average Bonchev–Trinajstić information content (AvgIpc) is 1.14. The summed E-state index contributed by atoms with van der Waals surface area (Å²) in [7, 11) is 1.19. The van der Waals surface area contributed by atoms with Gasteiger partial charge in [-0.25, -0.2) is 0 Å². The van der Waals surface area contributed by atoms with E-state index in [0.717, 1.165) is 57.8 Å². The van der Waals surface area contributed by atoms with Crippen molar-refractivity contribution in [3.63, 3.8) is 0 Å². The summed E-state index contributed by atoms with van der Waals surface area (Å²) in [5, 5.41) is 0. The number of carbonyl (C=O) groups is 2. The van der Waals surface area contributed by atoms with E-state index in [-0.39, 0.29) is 32.0 Å². The first kappa shape index (κ1) is 95.5. The maximum Gasteiger partial charge on any atom is 0.306 e. The van der Waals surface area contributed by atoms with Crippen molar-refractivity contribution in [2.24, 2.45) is 0 Å². The van der Waals surface area contributed by atoms with Gasteiger partial charge in [0, 0.05) is 12.8 Å². The van der Waals surface area contributed by atoms with Gasteiger partial charge in [0.25, 0.3) is 7.82 Å². The number of likely N-dealkylation sites (N-methyl/N-ethyl adjacent to an activating group) is 1. The van der Waals surface area contributed by atoms with Gasteiger partial charge in [0.15, 0.2) is 6.10 Å². The number of carbonyl (C=O) groups excluding carboxylic acids is 2. The van der Waals surface area contributed by atoms with Crippen LogP contribution in [0.15, 0.2) is 72.9 Å². The van der Waals surface area contributed by atoms with E-state index in [0.29, 0.717) is 17.4 Å². The fraction of sp³-hybridized carbons (Fsp3) is 0.841. The van der Waals surface area contributed by atoms with Crippen LogP contribution < -0.4 is 4.89 Å². The van der Waals surface area contributed by atoms with Gasteiger partial charge in [0.05, 0.1) is 27.7 Å². The SMILES string of the molecule is CCCCCCC/C=C\C/C=C\C/C=C\CCCCCCCCCCCCCCCCCCCCCCCCC(=O)OCC(COP(=O)([O-])OCC[N+](C)(C)C)OC(=O)CCCCCCCCCCCCCCCCCCCCCCCC/C=C\C/C=C\C/C=C\CCCCCCC. The molecule has 0 aliphatic rings. The number of phosphoric acid groups is 1. The molecule has 0 fully saturated rings. The highest BCUT2D eigenvalue weighted by atomic mass is 31.2. The molecule has 0 heterocycles. The molecule has 98 heavy (non-hydrogen) atoms. The van der Waals surface area contributed by atoms with E-state index in [1.54, 1.807) is 0 Å². The Hall–Kier alpha value is -2.55. The van der Waals surface area contributed by atoms with Crippen LogP contribution in [-0.2, 0) is 32.7 Å².